The van der Waals surface area contributed by atoms with Crippen LogP contribution in [0.2, 0.25) is 0 Å². The van der Waals surface area contributed by atoms with Crippen molar-refractivity contribution in [3.8, 4) is 0 Å². The minimum atomic E-state index is 0.907. The molecule has 0 fully saturated rings. The molecule has 6 nitrogen and oxygen atoms in total. The van der Waals surface area contributed by atoms with E-state index in [-0.39, 0.29) is 0 Å². The monoisotopic (exact) mass is 571 g/mol. The Balaban J connectivity index is 0.000000932. The zero-order chi connectivity index (χ0) is 19.7. The third kappa shape index (κ3) is 3.21. The fourth-order valence-corrected chi connectivity index (χ4v) is 3.36. The predicted octanol–water partition coefficient (Wildman–Crippen LogP) is 4.38. The van der Waals surface area contributed by atoms with Crippen LogP contribution in [0.4, 0.5) is 34.4 Å². The van der Waals surface area contributed by atoms with Gasteiger partial charge < -0.3 is 19.6 Å². The number of aromatic nitrogens is 2. The van der Waals surface area contributed by atoms with Crippen molar-refractivity contribution in [2.24, 2.45) is 0 Å². The maximum atomic E-state index is 4.61. The topological polar surface area (TPSA) is 38.7 Å². The zero-order valence-corrected chi connectivity index (χ0v) is 18.3. The molecule has 0 spiro atoms. The first kappa shape index (κ1) is 19.0. The Bertz CT molecular complexity index is 909. The van der Waals surface area contributed by atoms with Gasteiger partial charge in [0.25, 0.3) is 0 Å². The molecule has 0 aliphatic carbocycles. The second-order valence-electron chi connectivity index (χ2n) is 6.31. The molecule has 0 atom stereocenters. The van der Waals surface area contributed by atoms with Crippen molar-refractivity contribution in [3.63, 3.8) is 0 Å². The number of rotatable bonds is 2. The second kappa shape index (κ2) is 7.98. The summed E-state index contributed by atoms with van der Waals surface area (Å²) in [4.78, 5) is 17.3. The van der Waals surface area contributed by atoms with Crippen LogP contribution in [0.15, 0.2) is 54.9 Å². The summed E-state index contributed by atoms with van der Waals surface area (Å²) in [6, 6.07) is 17.6. The maximum absolute atomic E-state index is 4.61. The standard InChI is InChI=1S/C20H17N6.ClH.Pt/c1-23-13-25(19-17(23)8-4-10-21-19)15-6-3-7-16(12-15)26-14-24(2)18-9-5-11-22-20(18)26;;/h3-11,13-14H,1-2H3;1H;/q-3;;+1/p-1. The Morgan fingerprint density at radius 3 is 1.71 bits per heavy atom. The fraction of sp³-hybridized carbons (Fsp3) is 0.100. The molecule has 4 heterocycles. The second-order valence-corrected chi connectivity index (χ2v) is 6.31. The van der Waals surface area contributed by atoms with Crippen LogP contribution in [-0.4, -0.2) is 24.1 Å². The van der Waals surface area contributed by atoms with Crippen LogP contribution in [-0.2, 0) is 18.8 Å². The Hall–Kier alpha value is -2.30. The number of fused-ring (bicyclic) bond motifs is 2. The molecule has 147 valence electrons. The van der Waals surface area contributed by atoms with Gasteiger partial charge in [-0.1, -0.05) is 0 Å². The predicted molar refractivity (Wildman–Crippen MR) is 109 cm³/mol. The van der Waals surface area contributed by atoms with Gasteiger partial charge in [-0.15, -0.1) is 29.6 Å². The van der Waals surface area contributed by atoms with E-state index in [1.807, 2.05) is 70.2 Å². The van der Waals surface area contributed by atoms with Crippen LogP contribution >= 0.6 is 9.42 Å². The zero-order valence-electron chi connectivity index (χ0n) is 15.2. The van der Waals surface area contributed by atoms with Crippen molar-refractivity contribution >= 4 is 43.8 Å². The van der Waals surface area contributed by atoms with Crippen molar-refractivity contribution in [1.29, 1.82) is 0 Å². The molecule has 2 aliphatic heterocycles. The summed E-state index contributed by atoms with van der Waals surface area (Å²) in [5, 5.41) is 0. The van der Waals surface area contributed by atoms with Crippen molar-refractivity contribution in [1.82, 2.24) is 9.97 Å². The number of benzene rings is 1. The van der Waals surface area contributed by atoms with Gasteiger partial charge in [-0.3, -0.25) is 0 Å². The summed E-state index contributed by atoms with van der Waals surface area (Å²) < 4.78 is 0. The van der Waals surface area contributed by atoms with Gasteiger partial charge in [-0.05, 0) is 38.4 Å². The molecule has 1 aromatic carbocycles. The van der Waals surface area contributed by atoms with Crippen LogP contribution in [0.1, 0.15) is 0 Å². The van der Waals surface area contributed by atoms with E-state index in [2.05, 4.69) is 57.2 Å². The number of hydrogen-bond acceptors (Lipinski definition) is 6. The average molecular weight is 572 g/mol. The van der Waals surface area contributed by atoms with Crippen molar-refractivity contribution in [2.75, 3.05) is 33.7 Å². The van der Waals surface area contributed by atoms with Gasteiger partial charge >= 0.3 is 28.2 Å². The van der Waals surface area contributed by atoms with Crippen LogP contribution in [0.3, 0.4) is 0 Å². The van der Waals surface area contributed by atoms with Gasteiger partial charge in [0.2, 0.25) is 0 Å². The van der Waals surface area contributed by atoms with Crippen LogP contribution < -0.4 is 19.6 Å². The minimum absolute atomic E-state index is 0.907. The number of nitrogens with zero attached hydrogens (tertiary/aromatic N) is 6. The summed E-state index contributed by atoms with van der Waals surface area (Å²) in [6.07, 6.45) is 3.62. The molecule has 0 amide bonds. The van der Waals surface area contributed by atoms with Crippen LogP contribution in [0, 0.1) is 19.4 Å². The van der Waals surface area contributed by atoms with Gasteiger partial charge in [-0.25, -0.2) is 9.97 Å². The van der Waals surface area contributed by atoms with Crippen molar-refractivity contribution < 1.29 is 18.8 Å². The first-order chi connectivity index (χ1) is 13.7. The summed E-state index contributed by atoms with van der Waals surface area (Å²) in [5.74, 6) is 1.81. The third-order valence-electron chi connectivity index (χ3n) is 4.61. The summed E-state index contributed by atoms with van der Waals surface area (Å²) >= 11 is 1.61. The first-order valence-electron chi connectivity index (χ1n) is 8.51. The molecule has 0 radical (unpaired) electrons. The Morgan fingerprint density at radius 2 is 1.25 bits per heavy atom. The van der Waals surface area contributed by atoms with Crippen molar-refractivity contribution in [2.45, 2.75) is 0 Å². The van der Waals surface area contributed by atoms with Gasteiger partial charge in [0.15, 0.2) is 0 Å². The van der Waals surface area contributed by atoms with Gasteiger partial charge in [-0.2, -0.15) is 19.4 Å². The Morgan fingerprint density at radius 1 is 0.786 bits per heavy atom. The van der Waals surface area contributed by atoms with E-state index in [1.165, 1.54) is 0 Å². The van der Waals surface area contributed by atoms with E-state index in [0.717, 1.165) is 34.4 Å². The summed E-state index contributed by atoms with van der Waals surface area (Å²) in [6.45, 7) is 4.05. The quantitative estimate of drug-likeness (QED) is 0.425. The Labute approximate surface area is 180 Å². The SMILES string of the molecule is CN1[CH-]N(c2[c-]c(N3[CH-]N(C)c4cccnc43)ccc2)c2ncccc21.[Cl][Pt]. The van der Waals surface area contributed by atoms with E-state index in [4.69, 9.17) is 0 Å². The summed E-state index contributed by atoms with van der Waals surface area (Å²) in [5.41, 5.74) is 4.02. The van der Waals surface area contributed by atoms with Crippen LogP contribution in [0.5, 0.6) is 0 Å². The van der Waals surface area contributed by atoms with Crippen LogP contribution in [0.25, 0.3) is 0 Å². The fourth-order valence-electron chi connectivity index (χ4n) is 3.36. The molecule has 0 N–H and O–H groups in total. The number of anilines is 6. The molecule has 2 aromatic heterocycles. The number of pyridine rings is 2. The first-order valence-corrected chi connectivity index (χ1v) is 11.3. The number of hydrogen-bond donors (Lipinski definition) is 0. The molecule has 2 aliphatic rings. The van der Waals surface area contributed by atoms with Crippen molar-refractivity contribution in [3.05, 3.63) is 74.3 Å². The van der Waals surface area contributed by atoms with Gasteiger partial charge in [0, 0.05) is 23.8 Å². The van der Waals surface area contributed by atoms with Gasteiger partial charge in [0.05, 0.1) is 0 Å². The summed E-state index contributed by atoms with van der Waals surface area (Å²) in [7, 11) is 8.65. The average Bonchev–Trinajstić information content (AvgIpc) is 3.28. The molecule has 0 unspecified atom stereocenters. The molecule has 28 heavy (non-hydrogen) atoms. The molecular weight excluding hydrogens is 555 g/mol. The van der Waals surface area contributed by atoms with E-state index >= 15 is 0 Å². The molecular formula is C20H17ClN6Pt-3. The molecule has 5 rings (SSSR count). The third-order valence-corrected chi connectivity index (χ3v) is 4.61. The number of halogens is 1. The van der Waals surface area contributed by atoms with E-state index in [1.54, 1.807) is 18.8 Å². The molecule has 8 heteroatoms. The molecule has 0 saturated carbocycles. The normalized spacial score (nSPS) is 14.6. The molecule has 0 saturated heterocycles. The van der Waals surface area contributed by atoms with E-state index in [0.29, 0.717) is 0 Å². The molecule has 3 aromatic rings. The molecule has 0 bridgehead atoms. The van der Waals surface area contributed by atoms with Gasteiger partial charge in [0.1, 0.15) is 11.6 Å². The van der Waals surface area contributed by atoms with E-state index in [9.17, 15) is 0 Å². The Kier molecular flexibility index (Phi) is 5.42. The van der Waals surface area contributed by atoms with E-state index < -0.39 is 0 Å².